The number of nitrogens with zero attached hydrogens (tertiary/aromatic N) is 2. The first-order valence-corrected chi connectivity index (χ1v) is 10.6. The molecule has 2 N–H and O–H groups in total. The van der Waals surface area contributed by atoms with Crippen LogP contribution in [0.25, 0.3) is 10.8 Å². The maximum absolute atomic E-state index is 12.4. The molecule has 1 aliphatic rings. The molecule has 31 heavy (non-hydrogen) atoms. The van der Waals surface area contributed by atoms with E-state index in [2.05, 4.69) is 4.98 Å². The van der Waals surface area contributed by atoms with E-state index in [9.17, 15) is 9.59 Å². The summed E-state index contributed by atoms with van der Waals surface area (Å²) in [5, 5.41) is 1.49. The Kier molecular flexibility index (Phi) is 6.57. The monoisotopic (exact) mass is 429 g/mol. The highest BCUT2D eigenvalue weighted by Crippen LogP contribution is 2.32. The quantitative estimate of drug-likeness (QED) is 0.773. The van der Waals surface area contributed by atoms with E-state index in [4.69, 9.17) is 19.9 Å². The third kappa shape index (κ3) is 5.77. The molecule has 168 valence electrons. The number of ether oxygens (including phenoxy) is 3. The van der Waals surface area contributed by atoms with Crippen LogP contribution in [-0.4, -0.2) is 52.8 Å². The normalized spacial score (nSPS) is 17.0. The van der Waals surface area contributed by atoms with Crippen molar-refractivity contribution in [3.8, 4) is 11.6 Å². The van der Waals surface area contributed by atoms with Gasteiger partial charge in [-0.25, -0.2) is 9.78 Å². The highest BCUT2D eigenvalue weighted by Gasteiger charge is 2.29. The van der Waals surface area contributed by atoms with Gasteiger partial charge in [-0.2, -0.15) is 0 Å². The molecule has 0 bridgehead atoms. The standard InChI is InChI=1S/C23H31N3O5/c1-14(2)29-19-12-17-15(11-18(19)20(24)27)8-9-25-21(17)30-16-7-6-10-26(13-16)22(28)31-23(3,4)5/h8-9,11-12,14,16H,6-7,10,13H2,1-5H3,(H2,24,27)/t16-/m1/s1. The second-order valence-corrected chi connectivity index (χ2v) is 9.02. The fourth-order valence-electron chi connectivity index (χ4n) is 3.50. The minimum Gasteiger partial charge on any atom is -0.490 e. The highest BCUT2D eigenvalue weighted by atomic mass is 16.6. The van der Waals surface area contributed by atoms with E-state index >= 15 is 0 Å². The second kappa shape index (κ2) is 8.99. The molecule has 2 aromatic rings. The van der Waals surface area contributed by atoms with E-state index in [1.807, 2.05) is 34.6 Å². The van der Waals surface area contributed by atoms with Crippen molar-refractivity contribution in [3.05, 3.63) is 30.0 Å². The van der Waals surface area contributed by atoms with Crippen LogP contribution >= 0.6 is 0 Å². The zero-order valence-corrected chi connectivity index (χ0v) is 18.8. The molecule has 0 saturated carbocycles. The molecule has 2 heterocycles. The Balaban J connectivity index is 1.85. The molecule has 0 aliphatic carbocycles. The lowest BCUT2D eigenvalue weighted by Crippen LogP contribution is -2.46. The van der Waals surface area contributed by atoms with Gasteiger partial charge < -0.3 is 24.8 Å². The van der Waals surface area contributed by atoms with Gasteiger partial charge in [0.2, 0.25) is 5.88 Å². The average Bonchev–Trinajstić information content (AvgIpc) is 2.66. The van der Waals surface area contributed by atoms with Crippen LogP contribution in [0, 0.1) is 0 Å². The number of primary amides is 1. The number of carbonyl (C=O) groups is 2. The summed E-state index contributed by atoms with van der Waals surface area (Å²) in [5.74, 6) is 0.266. The van der Waals surface area contributed by atoms with Gasteiger partial charge in [-0.05, 0) is 71.0 Å². The molecular weight excluding hydrogens is 398 g/mol. The number of fused-ring (bicyclic) bond motifs is 1. The maximum Gasteiger partial charge on any atom is 0.410 e. The predicted octanol–water partition coefficient (Wildman–Crippen LogP) is 3.90. The van der Waals surface area contributed by atoms with Crippen molar-refractivity contribution in [3.63, 3.8) is 0 Å². The maximum atomic E-state index is 12.4. The first-order chi connectivity index (χ1) is 14.5. The van der Waals surface area contributed by atoms with Crippen molar-refractivity contribution in [2.45, 2.75) is 65.3 Å². The number of hydrogen-bond donors (Lipinski definition) is 1. The van der Waals surface area contributed by atoms with Crippen molar-refractivity contribution >= 4 is 22.8 Å². The Morgan fingerprint density at radius 1 is 1.26 bits per heavy atom. The smallest absolute Gasteiger partial charge is 0.410 e. The number of likely N-dealkylation sites (tertiary alicyclic amines) is 1. The fraction of sp³-hybridized carbons (Fsp3) is 0.522. The lowest BCUT2D eigenvalue weighted by atomic mass is 10.1. The largest absolute Gasteiger partial charge is 0.490 e. The number of rotatable bonds is 5. The molecule has 3 rings (SSSR count). The van der Waals surface area contributed by atoms with Gasteiger partial charge in [-0.15, -0.1) is 0 Å². The summed E-state index contributed by atoms with van der Waals surface area (Å²) in [4.78, 5) is 30.4. The van der Waals surface area contributed by atoms with E-state index in [0.717, 1.165) is 23.6 Å². The molecule has 1 saturated heterocycles. The molecule has 1 aliphatic heterocycles. The number of benzene rings is 1. The van der Waals surface area contributed by atoms with Gasteiger partial charge >= 0.3 is 6.09 Å². The van der Waals surface area contributed by atoms with E-state index in [1.54, 1.807) is 29.3 Å². The molecule has 1 aromatic carbocycles. The van der Waals surface area contributed by atoms with E-state index in [0.29, 0.717) is 30.3 Å². The number of amides is 2. The number of aromatic nitrogens is 1. The zero-order valence-electron chi connectivity index (χ0n) is 18.8. The van der Waals surface area contributed by atoms with Crippen molar-refractivity contribution in [1.82, 2.24) is 9.88 Å². The molecular formula is C23H31N3O5. The molecule has 8 nitrogen and oxygen atoms in total. The van der Waals surface area contributed by atoms with Crippen LogP contribution in [0.3, 0.4) is 0 Å². The number of hydrogen-bond acceptors (Lipinski definition) is 6. The zero-order chi connectivity index (χ0) is 22.8. The van der Waals surface area contributed by atoms with Gasteiger partial charge in [-0.1, -0.05) is 0 Å². The molecule has 1 fully saturated rings. The van der Waals surface area contributed by atoms with Crippen LogP contribution in [0.5, 0.6) is 11.6 Å². The lowest BCUT2D eigenvalue weighted by Gasteiger charge is -2.34. The van der Waals surface area contributed by atoms with Crippen LogP contribution in [0.1, 0.15) is 57.8 Å². The van der Waals surface area contributed by atoms with E-state index in [1.165, 1.54) is 0 Å². The van der Waals surface area contributed by atoms with Gasteiger partial charge in [0.05, 0.1) is 18.2 Å². The highest BCUT2D eigenvalue weighted by molar-refractivity contribution is 6.01. The SMILES string of the molecule is CC(C)Oc1cc2c(O[C@@H]3CCCN(C(=O)OC(C)(C)C)C3)nccc2cc1C(N)=O. The van der Waals surface area contributed by atoms with Gasteiger partial charge in [0, 0.05) is 18.1 Å². The van der Waals surface area contributed by atoms with Crippen molar-refractivity contribution in [1.29, 1.82) is 0 Å². The molecule has 8 heteroatoms. The summed E-state index contributed by atoms with van der Waals surface area (Å²) in [6.45, 7) is 10.3. The van der Waals surface area contributed by atoms with Gasteiger partial charge in [0.25, 0.3) is 5.91 Å². The van der Waals surface area contributed by atoms with Crippen LogP contribution in [0.4, 0.5) is 4.79 Å². The Labute approximate surface area is 182 Å². The Morgan fingerprint density at radius 3 is 2.65 bits per heavy atom. The Bertz CT molecular complexity index is 968. The topological polar surface area (TPSA) is 104 Å². The first-order valence-electron chi connectivity index (χ1n) is 10.6. The van der Waals surface area contributed by atoms with Crippen LogP contribution < -0.4 is 15.2 Å². The summed E-state index contributed by atoms with van der Waals surface area (Å²) >= 11 is 0. The molecule has 1 aromatic heterocycles. The van der Waals surface area contributed by atoms with E-state index < -0.39 is 11.5 Å². The van der Waals surface area contributed by atoms with Crippen molar-refractivity contribution in [2.75, 3.05) is 13.1 Å². The summed E-state index contributed by atoms with van der Waals surface area (Å²) < 4.78 is 17.5. The molecule has 0 spiro atoms. The fourth-order valence-corrected chi connectivity index (χ4v) is 3.50. The number of carbonyl (C=O) groups excluding carboxylic acids is 2. The number of nitrogens with two attached hydrogens (primary N) is 1. The summed E-state index contributed by atoms with van der Waals surface area (Å²) in [6.07, 6.45) is 2.54. The van der Waals surface area contributed by atoms with Crippen molar-refractivity contribution in [2.24, 2.45) is 5.73 Å². The summed E-state index contributed by atoms with van der Waals surface area (Å²) in [6, 6.07) is 5.23. The van der Waals surface area contributed by atoms with Crippen LogP contribution in [0.15, 0.2) is 24.4 Å². The van der Waals surface area contributed by atoms with Gasteiger partial charge in [0.1, 0.15) is 17.5 Å². The predicted molar refractivity (Wildman–Crippen MR) is 117 cm³/mol. The Morgan fingerprint density at radius 2 is 2.00 bits per heavy atom. The minimum absolute atomic E-state index is 0.127. The summed E-state index contributed by atoms with van der Waals surface area (Å²) in [7, 11) is 0. The first kappa shape index (κ1) is 22.7. The van der Waals surface area contributed by atoms with Crippen LogP contribution in [0.2, 0.25) is 0 Å². The van der Waals surface area contributed by atoms with E-state index in [-0.39, 0.29) is 18.3 Å². The molecule has 0 unspecified atom stereocenters. The number of pyridine rings is 1. The number of piperidine rings is 1. The second-order valence-electron chi connectivity index (χ2n) is 9.02. The summed E-state index contributed by atoms with van der Waals surface area (Å²) in [5.41, 5.74) is 5.30. The van der Waals surface area contributed by atoms with Gasteiger partial charge in [0.15, 0.2) is 0 Å². The minimum atomic E-state index is -0.558. The molecule has 0 radical (unpaired) electrons. The Hall–Kier alpha value is -3.03. The molecule has 2 amide bonds. The molecule has 1 atom stereocenters. The third-order valence-corrected chi connectivity index (χ3v) is 4.76. The van der Waals surface area contributed by atoms with Crippen molar-refractivity contribution < 1.29 is 23.8 Å². The lowest BCUT2D eigenvalue weighted by molar-refractivity contribution is 0.00742. The van der Waals surface area contributed by atoms with Crippen LogP contribution in [-0.2, 0) is 4.74 Å². The van der Waals surface area contributed by atoms with Gasteiger partial charge in [-0.3, -0.25) is 4.79 Å². The average molecular weight is 430 g/mol. The third-order valence-electron chi connectivity index (χ3n) is 4.76.